The van der Waals surface area contributed by atoms with Crippen LogP contribution in [0.5, 0.6) is 0 Å². The minimum absolute atomic E-state index is 0.236. The molecule has 0 bridgehead atoms. The van der Waals surface area contributed by atoms with Crippen LogP contribution >= 0.6 is 0 Å². The van der Waals surface area contributed by atoms with E-state index in [2.05, 4.69) is 20.1 Å². The van der Waals surface area contributed by atoms with Gasteiger partial charge in [0.05, 0.1) is 11.1 Å². The number of guanidine groups is 1. The summed E-state index contributed by atoms with van der Waals surface area (Å²) in [7, 11) is 1.72. The number of piperazine rings is 1. The quantitative estimate of drug-likeness (QED) is 0.474. The van der Waals surface area contributed by atoms with Crippen LogP contribution in [0.15, 0.2) is 53.5 Å². The van der Waals surface area contributed by atoms with Gasteiger partial charge in [-0.1, -0.05) is 12.1 Å². The molecule has 0 spiro atoms. The zero-order valence-electron chi connectivity index (χ0n) is 16.8. The van der Waals surface area contributed by atoms with E-state index in [9.17, 15) is 14.0 Å². The first kappa shape index (κ1) is 19.9. The molecule has 2 amide bonds. The number of anilines is 1. The van der Waals surface area contributed by atoms with Crippen molar-refractivity contribution in [3.05, 3.63) is 65.5 Å². The maximum absolute atomic E-state index is 13.1. The summed E-state index contributed by atoms with van der Waals surface area (Å²) in [5.41, 5.74) is 1.93. The van der Waals surface area contributed by atoms with Crippen LogP contribution in [-0.2, 0) is 0 Å². The normalized spacial score (nSPS) is 16.9. The molecule has 1 saturated heterocycles. The molecule has 7 nitrogen and oxygen atoms in total. The number of amides is 2. The molecule has 2 aromatic rings. The van der Waals surface area contributed by atoms with Gasteiger partial charge in [0.2, 0.25) is 0 Å². The highest BCUT2D eigenvalue weighted by Gasteiger charge is 2.34. The first-order valence-corrected chi connectivity index (χ1v) is 10.00. The van der Waals surface area contributed by atoms with Gasteiger partial charge in [-0.25, -0.2) is 4.39 Å². The lowest BCUT2D eigenvalue weighted by Crippen LogP contribution is -2.53. The van der Waals surface area contributed by atoms with Gasteiger partial charge in [0.1, 0.15) is 5.82 Å². The first-order valence-electron chi connectivity index (χ1n) is 10.00. The number of hydrogen-bond donors (Lipinski definition) is 1. The molecule has 2 aliphatic rings. The largest absolute Gasteiger partial charge is 0.368 e. The van der Waals surface area contributed by atoms with Crippen molar-refractivity contribution in [1.29, 1.82) is 0 Å². The average Bonchev–Trinajstić information content (AvgIpc) is 3.02. The van der Waals surface area contributed by atoms with Crippen LogP contribution in [0.3, 0.4) is 0 Å². The van der Waals surface area contributed by atoms with Crippen LogP contribution in [0.4, 0.5) is 10.1 Å². The molecule has 1 N–H and O–H groups in total. The summed E-state index contributed by atoms with van der Waals surface area (Å²) in [6.45, 7) is 3.83. The molecule has 30 heavy (non-hydrogen) atoms. The van der Waals surface area contributed by atoms with Crippen molar-refractivity contribution in [2.24, 2.45) is 4.99 Å². The molecule has 2 aliphatic heterocycles. The first-order chi connectivity index (χ1) is 14.6. The fourth-order valence-electron chi connectivity index (χ4n) is 3.88. The molecular formula is C22H24FN5O2. The molecule has 0 aromatic heterocycles. The highest BCUT2D eigenvalue weighted by Crippen LogP contribution is 2.22. The van der Waals surface area contributed by atoms with E-state index in [1.807, 2.05) is 0 Å². The number of halogens is 1. The molecule has 2 heterocycles. The van der Waals surface area contributed by atoms with E-state index >= 15 is 0 Å². The second kappa shape index (κ2) is 8.52. The van der Waals surface area contributed by atoms with Gasteiger partial charge >= 0.3 is 0 Å². The number of imide groups is 1. The van der Waals surface area contributed by atoms with Gasteiger partial charge in [-0.05, 0) is 36.4 Å². The summed E-state index contributed by atoms with van der Waals surface area (Å²) in [5.74, 6) is 0.00557. The Morgan fingerprint density at radius 3 is 2.13 bits per heavy atom. The second-order valence-electron chi connectivity index (χ2n) is 7.23. The monoisotopic (exact) mass is 409 g/mol. The zero-order chi connectivity index (χ0) is 21.1. The van der Waals surface area contributed by atoms with Crippen LogP contribution in [-0.4, -0.2) is 73.9 Å². The number of carbonyl (C=O) groups excluding carboxylic acids is 2. The topological polar surface area (TPSA) is 68.2 Å². The third-order valence-electron chi connectivity index (χ3n) is 5.48. The Morgan fingerprint density at radius 1 is 0.967 bits per heavy atom. The van der Waals surface area contributed by atoms with Crippen molar-refractivity contribution in [2.45, 2.75) is 0 Å². The maximum atomic E-state index is 13.1. The number of fused-ring (bicyclic) bond motifs is 1. The summed E-state index contributed by atoms with van der Waals surface area (Å²) in [6, 6.07) is 13.4. The molecule has 2 aromatic carbocycles. The highest BCUT2D eigenvalue weighted by atomic mass is 19.1. The van der Waals surface area contributed by atoms with Gasteiger partial charge in [0, 0.05) is 52.0 Å². The van der Waals surface area contributed by atoms with E-state index in [1.54, 1.807) is 43.4 Å². The van der Waals surface area contributed by atoms with Crippen molar-refractivity contribution in [1.82, 2.24) is 15.1 Å². The van der Waals surface area contributed by atoms with E-state index in [4.69, 9.17) is 0 Å². The van der Waals surface area contributed by atoms with Crippen LogP contribution in [0.2, 0.25) is 0 Å². The summed E-state index contributed by atoms with van der Waals surface area (Å²) in [4.78, 5) is 34.9. The van der Waals surface area contributed by atoms with Crippen molar-refractivity contribution < 1.29 is 14.0 Å². The lowest BCUT2D eigenvalue weighted by atomic mass is 10.1. The average molecular weight is 409 g/mol. The standard InChI is InChI=1S/C22H24FN5O2/c1-24-22(27-14-12-26(13-15-27)17-8-6-16(23)7-9-17)25-10-11-28-20(29)18-4-2-3-5-19(18)21(28)30/h2-9H,10-15H2,1H3,(H,24,25). The summed E-state index contributed by atoms with van der Waals surface area (Å²) >= 11 is 0. The van der Waals surface area contributed by atoms with E-state index in [0.29, 0.717) is 17.7 Å². The SMILES string of the molecule is CN=C(NCCN1C(=O)c2ccccc2C1=O)N1CCN(c2ccc(F)cc2)CC1. The molecule has 156 valence electrons. The Kier molecular flexibility index (Phi) is 5.65. The number of nitrogens with one attached hydrogen (secondary N) is 1. The van der Waals surface area contributed by atoms with Gasteiger partial charge in [-0.15, -0.1) is 0 Å². The summed E-state index contributed by atoms with van der Waals surface area (Å²) in [5, 5.41) is 3.26. The summed E-state index contributed by atoms with van der Waals surface area (Å²) in [6.07, 6.45) is 0. The molecule has 1 fully saturated rings. The van der Waals surface area contributed by atoms with E-state index in [1.165, 1.54) is 17.0 Å². The van der Waals surface area contributed by atoms with Gasteiger partial charge < -0.3 is 15.1 Å². The fraction of sp³-hybridized carbons (Fsp3) is 0.318. The van der Waals surface area contributed by atoms with E-state index in [-0.39, 0.29) is 24.2 Å². The predicted octanol–water partition coefficient (Wildman–Crippen LogP) is 1.82. The zero-order valence-corrected chi connectivity index (χ0v) is 16.8. The summed E-state index contributed by atoms with van der Waals surface area (Å²) < 4.78 is 13.1. The van der Waals surface area contributed by atoms with Crippen LogP contribution in [0.1, 0.15) is 20.7 Å². The molecule has 4 rings (SSSR count). The molecule has 8 heteroatoms. The fourth-order valence-corrected chi connectivity index (χ4v) is 3.88. The Hall–Kier alpha value is -3.42. The third-order valence-corrected chi connectivity index (χ3v) is 5.48. The number of carbonyl (C=O) groups is 2. The van der Waals surface area contributed by atoms with Crippen LogP contribution in [0, 0.1) is 5.82 Å². The third kappa shape index (κ3) is 3.85. The lowest BCUT2D eigenvalue weighted by Gasteiger charge is -2.37. The Balaban J connectivity index is 1.28. The van der Waals surface area contributed by atoms with Crippen LogP contribution < -0.4 is 10.2 Å². The Labute approximate surface area is 174 Å². The molecule has 0 unspecified atom stereocenters. The number of hydrogen-bond acceptors (Lipinski definition) is 4. The molecule has 0 saturated carbocycles. The van der Waals surface area contributed by atoms with Gasteiger partial charge in [-0.3, -0.25) is 19.5 Å². The number of aliphatic imine (C=N–C) groups is 1. The number of nitrogens with zero attached hydrogens (tertiary/aromatic N) is 4. The van der Waals surface area contributed by atoms with Crippen molar-refractivity contribution >= 4 is 23.5 Å². The van der Waals surface area contributed by atoms with Crippen molar-refractivity contribution in [3.8, 4) is 0 Å². The van der Waals surface area contributed by atoms with Crippen molar-refractivity contribution in [2.75, 3.05) is 51.2 Å². The van der Waals surface area contributed by atoms with E-state index in [0.717, 1.165) is 37.8 Å². The number of rotatable bonds is 4. The van der Waals surface area contributed by atoms with Gasteiger partial charge in [0.15, 0.2) is 5.96 Å². The number of benzene rings is 2. The minimum atomic E-state index is -0.250. The van der Waals surface area contributed by atoms with E-state index < -0.39 is 0 Å². The maximum Gasteiger partial charge on any atom is 0.261 e. The molecule has 0 atom stereocenters. The molecular weight excluding hydrogens is 385 g/mol. The van der Waals surface area contributed by atoms with Gasteiger partial charge in [0.25, 0.3) is 11.8 Å². The smallest absolute Gasteiger partial charge is 0.261 e. The highest BCUT2D eigenvalue weighted by molar-refractivity contribution is 6.21. The minimum Gasteiger partial charge on any atom is -0.368 e. The Morgan fingerprint density at radius 2 is 1.57 bits per heavy atom. The molecule has 0 aliphatic carbocycles. The second-order valence-corrected chi connectivity index (χ2v) is 7.23. The Bertz CT molecular complexity index is 933. The van der Waals surface area contributed by atoms with Crippen LogP contribution in [0.25, 0.3) is 0 Å². The molecule has 0 radical (unpaired) electrons. The predicted molar refractivity (Wildman–Crippen MR) is 113 cm³/mol. The lowest BCUT2D eigenvalue weighted by molar-refractivity contribution is 0.0657. The van der Waals surface area contributed by atoms with Gasteiger partial charge in [-0.2, -0.15) is 0 Å². The van der Waals surface area contributed by atoms with Crippen molar-refractivity contribution in [3.63, 3.8) is 0 Å².